The SMILES string of the molecule is CCOc1ccccc1CNC(=O)c1ccc(Cc2c(C)cc(C)cc2C)o1. The van der Waals surface area contributed by atoms with Crippen LogP contribution in [0.2, 0.25) is 0 Å². The molecule has 4 nitrogen and oxygen atoms in total. The summed E-state index contributed by atoms with van der Waals surface area (Å²) < 4.78 is 11.4. The molecular weight excluding hydrogens is 350 g/mol. The van der Waals surface area contributed by atoms with Crippen LogP contribution in [0.4, 0.5) is 0 Å². The van der Waals surface area contributed by atoms with E-state index in [9.17, 15) is 4.79 Å². The summed E-state index contributed by atoms with van der Waals surface area (Å²) in [5, 5.41) is 2.91. The lowest BCUT2D eigenvalue weighted by atomic mass is 9.97. The lowest BCUT2D eigenvalue weighted by molar-refractivity contribution is 0.0921. The van der Waals surface area contributed by atoms with E-state index in [0.29, 0.717) is 25.3 Å². The molecule has 2 aromatic carbocycles. The second kappa shape index (κ2) is 8.79. The fourth-order valence-electron chi connectivity index (χ4n) is 3.47. The van der Waals surface area contributed by atoms with E-state index < -0.39 is 0 Å². The number of nitrogens with one attached hydrogen (secondary N) is 1. The third-order valence-corrected chi connectivity index (χ3v) is 4.79. The van der Waals surface area contributed by atoms with Crippen LogP contribution < -0.4 is 10.1 Å². The van der Waals surface area contributed by atoms with Gasteiger partial charge in [-0.15, -0.1) is 0 Å². The van der Waals surface area contributed by atoms with Crippen molar-refractivity contribution >= 4 is 5.91 Å². The summed E-state index contributed by atoms with van der Waals surface area (Å²) in [6.45, 7) is 9.25. The average molecular weight is 377 g/mol. The number of furan rings is 1. The predicted octanol–water partition coefficient (Wildman–Crippen LogP) is 5.12. The molecule has 1 aromatic heterocycles. The Labute approximate surface area is 166 Å². The zero-order chi connectivity index (χ0) is 20.1. The number of para-hydroxylation sites is 1. The highest BCUT2D eigenvalue weighted by Crippen LogP contribution is 2.22. The van der Waals surface area contributed by atoms with E-state index in [1.165, 1.54) is 22.3 Å². The van der Waals surface area contributed by atoms with E-state index in [-0.39, 0.29) is 5.91 Å². The molecule has 1 amide bonds. The van der Waals surface area contributed by atoms with Gasteiger partial charge in [0.15, 0.2) is 5.76 Å². The molecule has 0 aliphatic heterocycles. The second-order valence-electron chi connectivity index (χ2n) is 7.04. The van der Waals surface area contributed by atoms with E-state index in [1.54, 1.807) is 6.07 Å². The molecule has 1 N–H and O–H groups in total. The third kappa shape index (κ3) is 4.63. The van der Waals surface area contributed by atoms with Crippen molar-refractivity contribution in [3.8, 4) is 5.75 Å². The van der Waals surface area contributed by atoms with Gasteiger partial charge in [-0.25, -0.2) is 0 Å². The maximum Gasteiger partial charge on any atom is 0.287 e. The van der Waals surface area contributed by atoms with Crippen molar-refractivity contribution in [3.05, 3.63) is 87.9 Å². The van der Waals surface area contributed by atoms with E-state index in [4.69, 9.17) is 9.15 Å². The fraction of sp³-hybridized carbons (Fsp3) is 0.292. The Balaban J connectivity index is 1.66. The Bertz CT molecular complexity index is 948. The minimum atomic E-state index is -0.227. The maximum atomic E-state index is 12.5. The monoisotopic (exact) mass is 377 g/mol. The smallest absolute Gasteiger partial charge is 0.287 e. The normalized spacial score (nSPS) is 10.7. The Hall–Kier alpha value is -3.01. The van der Waals surface area contributed by atoms with E-state index >= 15 is 0 Å². The first kappa shape index (κ1) is 19.7. The van der Waals surface area contributed by atoms with Crippen LogP contribution in [0, 0.1) is 20.8 Å². The second-order valence-corrected chi connectivity index (χ2v) is 7.04. The highest BCUT2D eigenvalue weighted by Gasteiger charge is 2.14. The molecule has 3 aromatic rings. The minimum absolute atomic E-state index is 0.227. The van der Waals surface area contributed by atoms with Crippen LogP contribution >= 0.6 is 0 Å². The van der Waals surface area contributed by atoms with Crippen LogP contribution in [0.15, 0.2) is 52.9 Å². The number of hydrogen-bond donors (Lipinski definition) is 1. The van der Waals surface area contributed by atoms with Gasteiger partial charge in [-0.3, -0.25) is 4.79 Å². The van der Waals surface area contributed by atoms with Crippen LogP contribution in [0.3, 0.4) is 0 Å². The van der Waals surface area contributed by atoms with E-state index in [0.717, 1.165) is 17.1 Å². The van der Waals surface area contributed by atoms with Gasteiger partial charge in [0, 0.05) is 18.5 Å². The van der Waals surface area contributed by atoms with Gasteiger partial charge in [0.05, 0.1) is 6.61 Å². The summed E-state index contributed by atoms with van der Waals surface area (Å²) >= 11 is 0. The summed E-state index contributed by atoms with van der Waals surface area (Å²) in [7, 11) is 0. The van der Waals surface area contributed by atoms with Crippen molar-refractivity contribution in [3.63, 3.8) is 0 Å². The number of carbonyl (C=O) groups is 1. The molecule has 0 unspecified atom stereocenters. The van der Waals surface area contributed by atoms with E-state index in [2.05, 4.69) is 38.2 Å². The Morgan fingerprint density at radius 2 is 1.75 bits per heavy atom. The zero-order valence-corrected chi connectivity index (χ0v) is 17.0. The molecule has 0 spiro atoms. The summed E-state index contributed by atoms with van der Waals surface area (Å²) in [6.07, 6.45) is 0.679. The minimum Gasteiger partial charge on any atom is -0.494 e. The molecule has 146 valence electrons. The van der Waals surface area contributed by atoms with Crippen LogP contribution in [0.1, 0.15) is 51.1 Å². The van der Waals surface area contributed by atoms with Crippen LogP contribution in [0.25, 0.3) is 0 Å². The molecule has 0 aliphatic rings. The van der Waals surface area contributed by atoms with Gasteiger partial charge in [0.1, 0.15) is 11.5 Å². The Kier molecular flexibility index (Phi) is 6.19. The van der Waals surface area contributed by atoms with Crippen LogP contribution in [0.5, 0.6) is 5.75 Å². The number of amides is 1. The maximum absolute atomic E-state index is 12.5. The molecule has 0 aliphatic carbocycles. The number of benzene rings is 2. The molecule has 1 heterocycles. The van der Waals surface area contributed by atoms with Crippen LogP contribution in [-0.2, 0) is 13.0 Å². The predicted molar refractivity (Wildman–Crippen MR) is 111 cm³/mol. The molecule has 28 heavy (non-hydrogen) atoms. The van der Waals surface area contributed by atoms with Crippen molar-refractivity contribution < 1.29 is 13.9 Å². The number of hydrogen-bond acceptors (Lipinski definition) is 3. The summed E-state index contributed by atoms with van der Waals surface area (Å²) in [4.78, 5) is 12.5. The number of aryl methyl sites for hydroxylation is 3. The summed E-state index contributed by atoms with van der Waals surface area (Å²) in [5.74, 6) is 1.67. The zero-order valence-electron chi connectivity index (χ0n) is 17.0. The summed E-state index contributed by atoms with van der Waals surface area (Å²) in [5.41, 5.74) is 5.93. The van der Waals surface area contributed by atoms with Gasteiger partial charge >= 0.3 is 0 Å². The van der Waals surface area contributed by atoms with Gasteiger partial charge in [-0.05, 0) is 62.6 Å². The molecule has 0 atom stereocenters. The molecule has 0 saturated carbocycles. The molecular formula is C24H27NO3. The highest BCUT2D eigenvalue weighted by atomic mass is 16.5. The van der Waals surface area contributed by atoms with Crippen molar-refractivity contribution in [2.45, 2.75) is 40.7 Å². The van der Waals surface area contributed by atoms with Gasteiger partial charge in [-0.2, -0.15) is 0 Å². The Morgan fingerprint density at radius 1 is 1.04 bits per heavy atom. The molecule has 3 rings (SSSR count). The molecule has 0 bridgehead atoms. The standard InChI is InChI=1S/C24H27NO3/c1-5-27-22-9-7-6-8-19(22)15-25-24(26)23-11-10-20(28-23)14-21-17(3)12-16(2)13-18(21)4/h6-13H,5,14-15H2,1-4H3,(H,25,26). The van der Waals surface area contributed by atoms with Crippen molar-refractivity contribution in [2.75, 3.05) is 6.61 Å². The van der Waals surface area contributed by atoms with E-state index in [1.807, 2.05) is 37.3 Å². The van der Waals surface area contributed by atoms with Gasteiger partial charge in [0.25, 0.3) is 5.91 Å². The average Bonchev–Trinajstić information content (AvgIpc) is 3.13. The van der Waals surface area contributed by atoms with Gasteiger partial charge in [0.2, 0.25) is 0 Å². The molecule has 0 saturated heterocycles. The largest absolute Gasteiger partial charge is 0.494 e. The highest BCUT2D eigenvalue weighted by molar-refractivity contribution is 5.91. The first-order chi connectivity index (χ1) is 13.5. The number of rotatable bonds is 7. The summed E-state index contributed by atoms with van der Waals surface area (Å²) in [6, 6.07) is 15.7. The number of ether oxygens (including phenoxy) is 1. The fourth-order valence-corrected chi connectivity index (χ4v) is 3.47. The molecule has 4 heteroatoms. The first-order valence-electron chi connectivity index (χ1n) is 9.62. The Morgan fingerprint density at radius 3 is 2.46 bits per heavy atom. The number of carbonyl (C=O) groups excluding carboxylic acids is 1. The molecule has 0 fully saturated rings. The van der Waals surface area contributed by atoms with Gasteiger partial charge < -0.3 is 14.5 Å². The quantitative estimate of drug-likeness (QED) is 0.621. The topological polar surface area (TPSA) is 51.5 Å². The van der Waals surface area contributed by atoms with Crippen molar-refractivity contribution in [2.24, 2.45) is 0 Å². The molecule has 0 radical (unpaired) electrons. The lowest BCUT2D eigenvalue weighted by Crippen LogP contribution is -2.22. The van der Waals surface area contributed by atoms with Crippen LogP contribution in [-0.4, -0.2) is 12.5 Å². The first-order valence-corrected chi connectivity index (χ1v) is 9.62. The van der Waals surface area contributed by atoms with Gasteiger partial charge in [-0.1, -0.05) is 35.9 Å². The lowest BCUT2D eigenvalue weighted by Gasteiger charge is -2.10. The van der Waals surface area contributed by atoms with Crippen molar-refractivity contribution in [1.29, 1.82) is 0 Å². The van der Waals surface area contributed by atoms with Crippen molar-refractivity contribution in [1.82, 2.24) is 5.32 Å². The third-order valence-electron chi connectivity index (χ3n) is 4.79.